The summed E-state index contributed by atoms with van der Waals surface area (Å²) >= 11 is 0. The molecule has 0 bridgehead atoms. The van der Waals surface area contributed by atoms with E-state index in [0.717, 1.165) is 5.56 Å². The molecular formula is C13H20N2O. The van der Waals surface area contributed by atoms with Crippen LogP contribution < -0.4 is 11.1 Å². The zero-order chi connectivity index (χ0) is 12.3. The minimum Gasteiger partial charge on any atom is -0.370 e. The molecule has 3 N–H and O–H groups in total. The van der Waals surface area contributed by atoms with E-state index < -0.39 is 0 Å². The Labute approximate surface area is 97.0 Å². The predicted molar refractivity (Wildman–Crippen MR) is 66.3 cm³/mol. The van der Waals surface area contributed by atoms with Crippen molar-refractivity contribution in [2.24, 2.45) is 5.73 Å². The van der Waals surface area contributed by atoms with Gasteiger partial charge in [-0.3, -0.25) is 4.79 Å². The van der Waals surface area contributed by atoms with Crippen LogP contribution in [0.15, 0.2) is 12.1 Å². The highest BCUT2D eigenvalue weighted by molar-refractivity contribution is 5.74. The maximum Gasteiger partial charge on any atom is 0.219 e. The molecule has 3 nitrogen and oxygen atoms in total. The molecule has 1 unspecified atom stereocenters. The molecule has 0 heterocycles. The fourth-order valence-electron chi connectivity index (χ4n) is 1.93. The Kier molecular flexibility index (Phi) is 4.07. The summed E-state index contributed by atoms with van der Waals surface area (Å²) < 4.78 is 0. The van der Waals surface area contributed by atoms with Gasteiger partial charge in [0.25, 0.3) is 0 Å². The van der Waals surface area contributed by atoms with E-state index >= 15 is 0 Å². The Bertz CT molecular complexity index is 399. The summed E-state index contributed by atoms with van der Waals surface area (Å²) in [5, 5.41) is 3.14. The summed E-state index contributed by atoms with van der Waals surface area (Å²) in [5.41, 5.74) is 10.1. The molecule has 3 heteroatoms. The number of carbonyl (C=O) groups is 1. The van der Waals surface area contributed by atoms with Crippen LogP contribution in [0.1, 0.15) is 34.7 Å². The van der Waals surface area contributed by atoms with Crippen LogP contribution in [0, 0.1) is 20.8 Å². The molecule has 0 saturated carbocycles. The predicted octanol–water partition coefficient (Wildman–Crippen LogP) is 1.75. The molecule has 0 radical (unpaired) electrons. The van der Waals surface area contributed by atoms with Crippen molar-refractivity contribution in [2.45, 2.75) is 33.2 Å². The zero-order valence-electron chi connectivity index (χ0n) is 10.4. The first-order valence-electron chi connectivity index (χ1n) is 5.49. The first kappa shape index (κ1) is 12.7. The Hall–Kier alpha value is -1.35. The number of carbonyl (C=O) groups excluding carboxylic acids is 1. The van der Waals surface area contributed by atoms with Gasteiger partial charge in [0, 0.05) is 12.5 Å². The SMILES string of the molecule is CNC(CC(N)=O)c1cc(C)c(C)cc1C. The topological polar surface area (TPSA) is 55.1 Å². The summed E-state index contributed by atoms with van der Waals surface area (Å²) in [7, 11) is 1.85. The molecule has 1 aromatic carbocycles. The van der Waals surface area contributed by atoms with Crippen molar-refractivity contribution < 1.29 is 4.79 Å². The molecule has 1 rings (SSSR count). The third-order valence-electron chi connectivity index (χ3n) is 3.01. The van der Waals surface area contributed by atoms with Crippen molar-refractivity contribution in [3.8, 4) is 0 Å². The second kappa shape index (κ2) is 5.12. The van der Waals surface area contributed by atoms with Gasteiger partial charge < -0.3 is 11.1 Å². The lowest BCUT2D eigenvalue weighted by Crippen LogP contribution is -2.24. The molecule has 0 aliphatic heterocycles. The summed E-state index contributed by atoms with van der Waals surface area (Å²) in [5.74, 6) is -0.281. The van der Waals surface area contributed by atoms with E-state index in [1.165, 1.54) is 16.7 Å². The van der Waals surface area contributed by atoms with E-state index in [9.17, 15) is 4.79 Å². The Balaban J connectivity index is 3.09. The number of benzene rings is 1. The second-order valence-corrected chi connectivity index (χ2v) is 4.30. The largest absolute Gasteiger partial charge is 0.370 e. The van der Waals surface area contributed by atoms with E-state index in [0.29, 0.717) is 6.42 Å². The molecule has 0 saturated heterocycles. The Morgan fingerprint density at radius 3 is 2.31 bits per heavy atom. The van der Waals surface area contributed by atoms with Crippen molar-refractivity contribution in [1.29, 1.82) is 0 Å². The van der Waals surface area contributed by atoms with Crippen LogP contribution in [0.25, 0.3) is 0 Å². The van der Waals surface area contributed by atoms with Crippen LogP contribution >= 0.6 is 0 Å². The molecule has 1 atom stereocenters. The first-order valence-corrected chi connectivity index (χ1v) is 5.49. The van der Waals surface area contributed by atoms with Gasteiger partial charge in [-0.2, -0.15) is 0 Å². The lowest BCUT2D eigenvalue weighted by Gasteiger charge is -2.19. The molecule has 16 heavy (non-hydrogen) atoms. The van der Waals surface area contributed by atoms with E-state index in [-0.39, 0.29) is 11.9 Å². The van der Waals surface area contributed by atoms with Crippen molar-refractivity contribution in [2.75, 3.05) is 7.05 Å². The normalized spacial score (nSPS) is 12.5. The quantitative estimate of drug-likeness (QED) is 0.812. The number of rotatable bonds is 4. The number of nitrogens with one attached hydrogen (secondary N) is 1. The minimum atomic E-state index is -0.281. The van der Waals surface area contributed by atoms with Crippen molar-refractivity contribution in [3.63, 3.8) is 0 Å². The number of nitrogens with two attached hydrogens (primary N) is 1. The van der Waals surface area contributed by atoms with Gasteiger partial charge in [-0.1, -0.05) is 12.1 Å². The van der Waals surface area contributed by atoms with Crippen molar-refractivity contribution in [3.05, 3.63) is 34.4 Å². The molecule has 0 aliphatic carbocycles. The van der Waals surface area contributed by atoms with Crippen LogP contribution in [-0.2, 0) is 4.79 Å². The van der Waals surface area contributed by atoms with Crippen LogP contribution in [0.3, 0.4) is 0 Å². The number of hydrogen-bond donors (Lipinski definition) is 2. The molecule has 0 aliphatic rings. The summed E-state index contributed by atoms with van der Waals surface area (Å²) in [6.07, 6.45) is 0.333. The molecule has 0 fully saturated rings. The Morgan fingerprint density at radius 1 is 1.25 bits per heavy atom. The van der Waals surface area contributed by atoms with Gasteiger partial charge in [-0.15, -0.1) is 0 Å². The third-order valence-corrected chi connectivity index (χ3v) is 3.01. The van der Waals surface area contributed by atoms with Gasteiger partial charge in [0.1, 0.15) is 0 Å². The zero-order valence-corrected chi connectivity index (χ0v) is 10.4. The number of amides is 1. The first-order chi connectivity index (χ1) is 7.45. The molecule has 1 aromatic rings. The van der Waals surface area contributed by atoms with Gasteiger partial charge in [0.15, 0.2) is 0 Å². The van der Waals surface area contributed by atoms with E-state index in [1.807, 2.05) is 7.05 Å². The van der Waals surface area contributed by atoms with Gasteiger partial charge in [0.05, 0.1) is 0 Å². The van der Waals surface area contributed by atoms with Crippen LogP contribution in [-0.4, -0.2) is 13.0 Å². The highest BCUT2D eigenvalue weighted by Gasteiger charge is 2.15. The summed E-state index contributed by atoms with van der Waals surface area (Å²) in [6, 6.07) is 4.29. The van der Waals surface area contributed by atoms with E-state index in [2.05, 4.69) is 38.2 Å². The minimum absolute atomic E-state index is 0.0109. The fraction of sp³-hybridized carbons (Fsp3) is 0.462. The average molecular weight is 220 g/mol. The van der Waals surface area contributed by atoms with Crippen LogP contribution in [0.2, 0.25) is 0 Å². The molecule has 0 aromatic heterocycles. The third kappa shape index (κ3) is 2.83. The summed E-state index contributed by atoms with van der Waals surface area (Å²) in [4.78, 5) is 11.0. The van der Waals surface area contributed by atoms with E-state index in [1.54, 1.807) is 0 Å². The van der Waals surface area contributed by atoms with Crippen LogP contribution in [0.4, 0.5) is 0 Å². The highest BCUT2D eigenvalue weighted by Crippen LogP contribution is 2.23. The lowest BCUT2D eigenvalue weighted by atomic mass is 9.94. The molecule has 88 valence electrons. The maximum absolute atomic E-state index is 11.0. The van der Waals surface area contributed by atoms with Gasteiger partial charge in [0.2, 0.25) is 5.91 Å². The maximum atomic E-state index is 11.0. The average Bonchev–Trinajstić information content (AvgIpc) is 2.20. The van der Waals surface area contributed by atoms with Crippen molar-refractivity contribution >= 4 is 5.91 Å². The number of hydrogen-bond acceptors (Lipinski definition) is 2. The Morgan fingerprint density at radius 2 is 1.81 bits per heavy atom. The van der Waals surface area contributed by atoms with Gasteiger partial charge in [-0.05, 0) is 50.1 Å². The van der Waals surface area contributed by atoms with Gasteiger partial charge in [-0.25, -0.2) is 0 Å². The van der Waals surface area contributed by atoms with Gasteiger partial charge >= 0.3 is 0 Å². The van der Waals surface area contributed by atoms with Crippen LogP contribution in [0.5, 0.6) is 0 Å². The second-order valence-electron chi connectivity index (χ2n) is 4.30. The molecule has 1 amide bonds. The lowest BCUT2D eigenvalue weighted by molar-refractivity contribution is -0.118. The number of primary amides is 1. The summed E-state index contributed by atoms with van der Waals surface area (Å²) in [6.45, 7) is 6.23. The van der Waals surface area contributed by atoms with Crippen molar-refractivity contribution in [1.82, 2.24) is 5.32 Å². The smallest absolute Gasteiger partial charge is 0.219 e. The monoisotopic (exact) mass is 220 g/mol. The van der Waals surface area contributed by atoms with E-state index in [4.69, 9.17) is 5.73 Å². The molecule has 0 spiro atoms. The molecular weight excluding hydrogens is 200 g/mol. The number of aryl methyl sites for hydroxylation is 3. The fourth-order valence-corrected chi connectivity index (χ4v) is 1.93. The standard InChI is InChI=1S/C13H20N2O/c1-8-5-10(3)11(6-9(8)2)12(15-4)7-13(14)16/h5-6,12,15H,7H2,1-4H3,(H2,14,16). The highest BCUT2D eigenvalue weighted by atomic mass is 16.1.